The van der Waals surface area contributed by atoms with Gasteiger partial charge in [-0.2, -0.15) is 0 Å². The summed E-state index contributed by atoms with van der Waals surface area (Å²) in [5, 5.41) is 8.94. The Balaban J connectivity index is 2.39. The van der Waals surface area contributed by atoms with Crippen LogP contribution in [0.1, 0.15) is 26.2 Å². The number of quaternary nitrogens is 1. The second kappa shape index (κ2) is 5.14. The summed E-state index contributed by atoms with van der Waals surface area (Å²) in [5.74, 6) is 0. The number of aliphatic hydroxyl groups excluding tert-OH is 1. The third kappa shape index (κ3) is 2.94. The Morgan fingerprint density at radius 2 is 2.15 bits per heavy atom. The van der Waals surface area contributed by atoms with Crippen molar-refractivity contribution in [2.75, 3.05) is 19.7 Å². The van der Waals surface area contributed by atoms with Gasteiger partial charge in [-0.1, -0.05) is 13.3 Å². The minimum atomic E-state index is 0.225. The van der Waals surface area contributed by atoms with Crippen LogP contribution in [-0.4, -0.2) is 35.6 Å². The van der Waals surface area contributed by atoms with Gasteiger partial charge in [0.1, 0.15) is 12.7 Å². The number of aliphatic hydroxyl groups is 1. The van der Waals surface area contributed by atoms with Gasteiger partial charge in [0.15, 0.2) is 6.34 Å². The topological polar surface area (TPSA) is 32.6 Å². The average molecular weight is 183 g/mol. The van der Waals surface area contributed by atoms with Gasteiger partial charge in [0.2, 0.25) is 0 Å². The molecule has 74 valence electrons. The van der Waals surface area contributed by atoms with E-state index in [0.717, 1.165) is 17.6 Å². The van der Waals surface area contributed by atoms with Crippen molar-refractivity contribution in [2.45, 2.75) is 26.2 Å². The third-order valence-electron chi connectivity index (χ3n) is 2.44. The smallest absolute Gasteiger partial charge is 0.194 e. The number of nitrogens with zero attached hydrogens (tertiary/aromatic N) is 2. The number of unbranched alkanes of at least 4 members (excludes halogenated alkanes) is 2. The van der Waals surface area contributed by atoms with Gasteiger partial charge in [-0.3, -0.25) is 4.48 Å². The van der Waals surface area contributed by atoms with E-state index in [2.05, 4.69) is 18.1 Å². The van der Waals surface area contributed by atoms with Crippen LogP contribution in [0.4, 0.5) is 0 Å². The first kappa shape index (κ1) is 10.4. The minimum Gasteiger partial charge on any atom is -0.390 e. The van der Waals surface area contributed by atoms with Crippen molar-refractivity contribution in [3.8, 4) is 0 Å². The lowest BCUT2D eigenvalue weighted by molar-refractivity contribution is -0.780. The molecule has 0 aromatic heterocycles. The summed E-state index contributed by atoms with van der Waals surface area (Å²) < 4.78 is 0.733. The second-order valence-corrected chi connectivity index (χ2v) is 3.54. The largest absolute Gasteiger partial charge is 0.390 e. The van der Waals surface area contributed by atoms with Crippen molar-refractivity contribution >= 4 is 6.34 Å². The van der Waals surface area contributed by atoms with E-state index in [1.165, 1.54) is 19.3 Å². The van der Waals surface area contributed by atoms with Crippen molar-refractivity contribution in [1.82, 2.24) is 0 Å². The van der Waals surface area contributed by atoms with Crippen LogP contribution in [0.5, 0.6) is 0 Å². The third-order valence-corrected chi connectivity index (χ3v) is 2.44. The summed E-state index contributed by atoms with van der Waals surface area (Å²) >= 11 is 0. The lowest BCUT2D eigenvalue weighted by Gasteiger charge is -2.26. The highest BCUT2D eigenvalue weighted by molar-refractivity contribution is 5.50. The van der Waals surface area contributed by atoms with Gasteiger partial charge >= 0.3 is 0 Å². The van der Waals surface area contributed by atoms with E-state index in [1.807, 2.05) is 12.5 Å². The molecule has 0 fully saturated rings. The van der Waals surface area contributed by atoms with Crippen LogP contribution in [0.3, 0.4) is 0 Å². The van der Waals surface area contributed by atoms with Gasteiger partial charge < -0.3 is 5.11 Å². The molecule has 3 nitrogen and oxygen atoms in total. The van der Waals surface area contributed by atoms with E-state index in [0.29, 0.717) is 0 Å². The molecule has 0 aromatic carbocycles. The normalized spacial score (nSPS) is 25.7. The number of hydrogen-bond acceptors (Lipinski definition) is 2. The van der Waals surface area contributed by atoms with Crippen LogP contribution >= 0.6 is 0 Å². The molecule has 0 saturated heterocycles. The van der Waals surface area contributed by atoms with Gasteiger partial charge in [0.25, 0.3) is 0 Å². The molecule has 0 bridgehead atoms. The maximum atomic E-state index is 8.94. The number of hydrogen-bond donors (Lipinski definition) is 1. The van der Waals surface area contributed by atoms with E-state index in [4.69, 9.17) is 5.11 Å². The van der Waals surface area contributed by atoms with Gasteiger partial charge in [0.05, 0.1) is 19.4 Å². The van der Waals surface area contributed by atoms with Gasteiger partial charge in [0, 0.05) is 0 Å². The first-order chi connectivity index (χ1) is 6.33. The molecule has 0 spiro atoms. The zero-order valence-corrected chi connectivity index (χ0v) is 8.32. The number of aliphatic imine (C=N–C) groups is 1. The molecule has 1 heterocycles. The molecule has 3 heteroatoms. The van der Waals surface area contributed by atoms with Crippen LogP contribution < -0.4 is 0 Å². The summed E-state index contributed by atoms with van der Waals surface area (Å²) in [6.07, 6.45) is 9.50. The Bertz CT molecular complexity index is 187. The summed E-state index contributed by atoms with van der Waals surface area (Å²) in [4.78, 5) is 4.09. The fourth-order valence-electron chi connectivity index (χ4n) is 1.60. The quantitative estimate of drug-likeness (QED) is 0.491. The van der Waals surface area contributed by atoms with Crippen LogP contribution in [0.25, 0.3) is 0 Å². The molecular formula is C10H19N2O+. The highest BCUT2D eigenvalue weighted by Crippen LogP contribution is 2.12. The van der Waals surface area contributed by atoms with E-state index in [1.54, 1.807) is 0 Å². The van der Waals surface area contributed by atoms with Crippen LogP contribution in [0, 0.1) is 0 Å². The Morgan fingerprint density at radius 3 is 2.69 bits per heavy atom. The fourth-order valence-corrected chi connectivity index (χ4v) is 1.60. The molecule has 1 aliphatic heterocycles. The van der Waals surface area contributed by atoms with E-state index in [-0.39, 0.29) is 6.61 Å². The Labute approximate surface area is 80.0 Å². The zero-order valence-electron chi connectivity index (χ0n) is 8.32. The average Bonchev–Trinajstić information content (AvgIpc) is 2.55. The first-order valence-electron chi connectivity index (χ1n) is 5.02. The molecule has 0 saturated carbocycles. The Kier molecular flexibility index (Phi) is 4.12. The minimum absolute atomic E-state index is 0.225. The van der Waals surface area contributed by atoms with Gasteiger partial charge in [-0.15, -0.1) is 0 Å². The molecule has 1 unspecified atom stereocenters. The van der Waals surface area contributed by atoms with Crippen LogP contribution in [0.2, 0.25) is 0 Å². The Morgan fingerprint density at radius 1 is 1.31 bits per heavy atom. The molecule has 1 N–H and O–H groups in total. The molecule has 1 rings (SSSR count). The van der Waals surface area contributed by atoms with E-state index >= 15 is 0 Å². The van der Waals surface area contributed by atoms with Crippen molar-refractivity contribution in [3.63, 3.8) is 0 Å². The maximum Gasteiger partial charge on any atom is 0.194 e. The molecule has 0 aromatic rings. The van der Waals surface area contributed by atoms with E-state index < -0.39 is 0 Å². The molecule has 1 atom stereocenters. The van der Waals surface area contributed by atoms with Gasteiger partial charge in [-0.25, -0.2) is 4.99 Å². The molecule has 0 aliphatic carbocycles. The fraction of sp³-hybridized carbons (Fsp3) is 0.700. The number of rotatable bonds is 6. The SMILES string of the molecule is CCCCC[N+]1(CCO)C=CN=C1. The molecule has 0 radical (unpaired) electrons. The lowest BCUT2D eigenvalue weighted by Crippen LogP contribution is -2.42. The van der Waals surface area contributed by atoms with Crippen molar-refractivity contribution in [1.29, 1.82) is 0 Å². The first-order valence-corrected chi connectivity index (χ1v) is 5.02. The standard InChI is InChI=1S/C10H19N2O/c1-2-3-4-6-12(8-9-13)7-5-11-10-12/h5,7,10,13H,2-4,6,8-9H2,1H3/q+1. The monoisotopic (exact) mass is 183 g/mol. The summed E-state index contributed by atoms with van der Waals surface area (Å²) in [7, 11) is 0. The summed E-state index contributed by atoms with van der Waals surface area (Å²) in [6, 6.07) is 0. The Hall–Kier alpha value is -0.670. The van der Waals surface area contributed by atoms with Crippen molar-refractivity contribution in [2.24, 2.45) is 4.99 Å². The van der Waals surface area contributed by atoms with Crippen molar-refractivity contribution in [3.05, 3.63) is 12.4 Å². The van der Waals surface area contributed by atoms with Crippen LogP contribution in [-0.2, 0) is 0 Å². The molecule has 13 heavy (non-hydrogen) atoms. The molecule has 1 aliphatic rings. The van der Waals surface area contributed by atoms with Crippen LogP contribution in [0.15, 0.2) is 17.4 Å². The molecular weight excluding hydrogens is 164 g/mol. The second-order valence-electron chi connectivity index (χ2n) is 3.54. The lowest BCUT2D eigenvalue weighted by atomic mass is 10.2. The van der Waals surface area contributed by atoms with Gasteiger partial charge in [-0.05, 0) is 12.8 Å². The highest BCUT2D eigenvalue weighted by Gasteiger charge is 2.24. The summed E-state index contributed by atoms with van der Waals surface area (Å²) in [6.45, 7) is 4.24. The van der Waals surface area contributed by atoms with Crippen molar-refractivity contribution < 1.29 is 9.59 Å². The maximum absolute atomic E-state index is 8.94. The predicted octanol–water partition coefficient (Wildman–Crippen LogP) is 1.50. The zero-order chi connectivity index (χ0) is 9.57. The molecule has 0 amide bonds. The van der Waals surface area contributed by atoms with E-state index in [9.17, 15) is 0 Å². The highest BCUT2D eigenvalue weighted by atomic mass is 16.3. The predicted molar refractivity (Wildman–Crippen MR) is 54.2 cm³/mol. The summed E-state index contributed by atoms with van der Waals surface area (Å²) in [5.41, 5.74) is 0.